The van der Waals surface area contributed by atoms with Gasteiger partial charge in [-0.2, -0.15) is 0 Å². The Morgan fingerprint density at radius 1 is 1.14 bits per heavy atom. The van der Waals surface area contributed by atoms with Gasteiger partial charge in [0.1, 0.15) is 0 Å². The first-order valence-electron chi connectivity index (χ1n) is 6.13. The molecule has 114 valence electrons. The van der Waals surface area contributed by atoms with Gasteiger partial charge in [0.15, 0.2) is 0 Å². The molecular formula is C15H11BrClNO3S. The lowest BCUT2D eigenvalue weighted by Crippen LogP contribution is -2.14. The number of hydrogen-bond acceptors (Lipinski definition) is 3. The van der Waals surface area contributed by atoms with Crippen LogP contribution in [0.1, 0.15) is 5.56 Å². The number of benzene rings is 2. The van der Waals surface area contributed by atoms with Crippen molar-refractivity contribution >= 4 is 54.6 Å². The fourth-order valence-electron chi connectivity index (χ4n) is 1.75. The van der Waals surface area contributed by atoms with Crippen LogP contribution in [0.5, 0.6) is 0 Å². The maximum atomic E-state index is 12.5. The van der Waals surface area contributed by atoms with E-state index in [1.807, 2.05) is 0 Å². The number of allylic oxidation sites excluding steroid dienone is 1. The third kappa shape index (κ3) is 4.43. The molecule has 0 bridgehead atoms. The summed E-state index contributed by atoms with van der Waals surface area (Å²) in [6.45, 7) is 0. The molecule has 2 aromatic carbocycles. The summed E-state index contributed by atoms with van der Waals surface area (Å²) in [5.41, 5.74) is 0.812. The zero-order chi connectivity index (χ0) is 16.2. The first kappa shape index (κ1) is 16.7. The van der Waals surface area contributed by atoms with Gasteiger partial charge in [0, 0.05) is 10.2 Å². The van der Waals surface area contributed by atoms with Crippen molar-refractivity contribution in [1.82, 2.24) is 0 Å². The Morgan fingerprint density at radius 2 is 1.82 bits per heavy atom. The van der Waals surface area contributed by atoms with Crippen molar-refractivity contribution in [2.24, 2.45) is 0 Å². The van der Waals surface area contributed by atoms with E-state index in [-0.39, 0.29) is 4.90 Å². The molecule has 0 radical (unpaired) electrons. The van der Waals surface area contributed by atoms with Crippen molar-refractivity contribution in [3.63, 3.8) is 0 Å². The summed E-state index contributed by atoms with van der Waals surface area (Å²) < 4.78 is 28.2. The first-order chi connectivity index (χ1) is 10.4. The lowest BCUT2D eigenvalue weighted by atomic mass is 10.2. The monoisotopic (exact) mass is 399 g/mol. The maximum absolute atomic E-state index is 12.5. The smallest absolute Gasteiger partial charge is 0.262 e. The van der Waals surface area contributed by atoms with Gasteiger partial charge < -0.3 is 0 Å². The van der Waals surface area contributed by atoms with Gasteiger partial charge in [0.25, 0.3) is 10.0 Å². The minimum Gasteiger partial charge on any atom is -0.280 e. The minimum atomic E-state index is -3.80. The molecular weight excluding hydrogens is 390 g/mol. The topological polar surface area (TPSA) is 63.2 Å². The summed E-state index contributed by atoms with van der Waals surface area (Å²) in [6, 6.07) is 13.3. The first-order valence-corrected chi connectivity index (χ1v) is 8.79. The number of anilines is 1. The molecule has 0 aliphatic rings. The van der Waals surface area contributed by atoms with Crippen LogP contribution in [-0.4, -0.2) is 13.7 Å². The summed E-state index contributed by atoms with van der Waals surface area (Å²) >= 11 is 8.50. The number of hydrogen-bond donors (Lipinski definition) is 1. The van der Waals surface area contributed by atoms with Crippen LogP contribution in [0.3, 0.4) is 0 Å². The van der Waals surface area contributed by atoms with E-state index in [0.717, 1.165) is 6.08 Å². The van der Waals surface area contributed by atoms with Crippen LogP contribution >= 0.6 is 27.5 Å². The highest BCUT2D eigenvalue weighted by Gasteiger charge is 2.18. The van der Waals surface area contributed by atoms with Gasteiger partial charge in [0.05, 0.1) is 4.90 Å². The highest BCUT2D eigenvalue weighted by Crippen LogP contribution is 2.24. The highest BCUT2D eigenvalue weighted by molar-refractivity contribution is 9.10. The molecule has 2 rings (SSSR count). The van der Waals surface area contributed by atoms with Crippen LogP contribution in [0.2, 0.25) is 0 Å². The van der Waals surface area contributed by atoms with Crippen molar-refractivity contribution in [3.05, 3.63) is 64.6 Å². The Balaban J connectivity index is 2.45. The predicted octanol–water partition coefficient (Wildman–Crippen LogP) is 4.03. The Labute approximate surface area is 142 Å². The third-order valence-corrected chi connectivity index (χ3v) is 4.74. The van der Waals surface area contributed by atoms with Gasteiger partial charge in [-0.3, -0.25) is 9.52 Å². The van der Waals surface area contributed by atoms with Gasteiger partial charge in [-0.15, -0.1) is 0 Å². The summed E-state index contributed by atoms with van der Waals surface area (Å²) in [5, 5.41) is -0.678. The Bertz CT molecular complexity index is 820. The molecule has 2 aromatic rings. The molecule has 4 nitrogen and oxygen atoms in total. The SMILES string of the molecule is O=C(Cl)C=Cc1ccc(Br)cc1S(=O)(=O)Nc1ccccc1. The molecule has 0 atom stereocenters. The molecule has 0 amide bonds. The van der Waals surface area contributed by atoms with Gasteiger partial charge in [-0.25, -0.2) is 8.42 Å². The Kier molecular flexibility index (Phi) is 5.39. The number of carbonyl (C=O) groups is 1. The Hall–Kier alpha value is -1.63. The largest absolute Gasteiger partial charge is 0.280 e. The second-order valence-corrected chi connectivity index (χ2v) is 7.23. The summed E-state index contributed by atoms with van der Waals surface area (Å²) in [6.07, 6.45) is 2.47. The number of nitrogens with one attached hydrogen (secondary N) is 1. The standard InChI is InChI=1S/C15H11BrClNO3S/c16-12-8-6-11(7-9-15(17)19)14(10-12)22(20,21)18-13-4-2-1-3-5-13/h1-10,18H. The van der Waals surface area contributed by atoms with Gasteiger partial charge in [0.2, 0.25) is 5.24 Å². The third-order valence-electron chi connectivity index (χ3n) is 2.69. The van der Waals surface area contributed by atoms with Gasteiger partial charge in [-0.05, 0) is 53.6 Å². The number of rotatable bonds is 5. The van der Waals surface area contributed by atoms with Crippen LogP contribution in [0.15, 0.2) is 64.0 Å². The van der Waals surface area contributed by atoms with E-state index in [0.29, 0.717) is 15.7 Å². The normalized spacial score (nSPS) is 11.5. The Morgan fingerprint density at radius 3 is 2.45 bits per heavy atom. The molecule has 0 spiro atoms. The molecule has 0 saturated carbocycles. The molecule has 22 heavy (non-hydrogen) atoms. The van der Waals surface area contributed by atoms with E-state index in [4.69, 9.17) is 11.6 Å². The fourth-order valence-corrected chi connectivity index (χ4v) is 3.61. The summed E-state index contributed by atoms with van der Waals surface area (Å²) in [5.74, 6) is 0. The quantitative estimate of drug-likeness (QED) is 0.609. The number of halogens is 2. The van der Waals surface area contributed by atoms with Crippen molar-refractivity contribution in [2.45, 2.75) is 4.90 Å². The van der Waals surface area contributed by atoms with Gasteiger partial charge >= 0.3 is 0 Å². The molecule has 1 N–H and O–H groups in total. The summed E-state index contributed by atoms with van der Waals surface area (Å²) in [7, 11) is -3.80. The summed E-state index contributed by atoms with van der Waals surface area (Å²) in [4.78, 5) is 10.9. The van der Waals surface area contributed by atoms with E-state index >= 15 is 0 Å². The van der Waals surface area contributed by atoms with Crippen LogP contribution in [0, 0.1) is 0 Å². The van der Waals surface area contributed by atoms with Crippen molar-refractivity contribution in [3.8, 4) is 0 Å². The lowest BCUT2D eigenvalue weighted by Gasteiger charge is -2.11. The van der Waals surface area contributed by atoms with Crippen molar-refractivity contribution in [1.29, 1.82) is 0 Å². The minimum absolute atomic E-state index is 0.0416. The number of sulfonamides is 1. The second kappa shape index (κ2) is 7.09. The molecule has 0 unspecified atom stereocenters. The van der Waals surface area contributed by atoms with E-state index in [1.54, 1.807) is 42.5 Å². The second-order valence-electron chi connectivity index (χ2n) is 4.29. The van der Waals surface area contributed by atoms with Crippen LogP contribution in [-0.2, 0) is 14.8 Å². The van der Waals surface area contributed by atoms with Crippen LogP contribution in [0.25, 0.3) is 6.08 Å². The average Bonchev–Trinajstić information content (AvgIpc) is 2.46. The predicted molar refractivity (Wildman–Crippen MR) is 91.3 cm³/mol. The van der Waals surface area contributed by atoms with Crippen molar-refractivity contribution in [2.75, 3.05) is 4.72 Å². The molecule has 0 saturated heterocycles. The number of carbonyl (C=O) groups excluding carboxylic acids is 1. The molecule has 7 heteroatoms. The van der Waals surface area contributed by atoms with E-state index in [1.165, 1.54) is 12.1 Å². The van der Waals surface area contributed by atoms with E-state index in [9.17, 15) is 13.2 Å². The zero-order valence-corrected chi connectivity index (χ0v) is 14.3. The van der Waals surface area contributed by atoms with E-state index < -0.39 is 15.3 Å². The molecule has 0 fully saturated rings. The number of para-hydroxylation sites is 1. The average molecular weight is 401 g/mol. The van der Waals surface area contributed by atoms with Gasteiger partial charge in [-0.1, -0.05) is 40.2 Å². The fraction of sp³-hybridized carbons (Fsp3) is 0. The van der Waals surface area contributed by atoms with E-state index in [2.05, 4.69) is 20.7 Å². The lowest BCUT2D eigenvalue weighted by molar-refractivity contribution is -0.107. The highest BCUT2D eigenvalue weighted by atomic mass is 79.9. The van der Waals surface area contributed by atoms with Crippen LogP contribution in [0.4, 0.5) is 5.69 Å². The molecule has 0 aliphatic carbocycles. The maximum Gasteiger partial charge on any atom is 0.262 e. The molecule has 0 aromatic heterocycles. The van der Waals surface area contributed by atoms with Crippen molar-refractivity contribution < 1.29 is 13.2 Å². The van der Waals surface area contributed by atoms with Crippen LogP contribution < -0.4 is 4.72 Å². The zero-order valence-electron chi connectivity index (χ0n) is 11.2. The molecule has 0 aliphatic heterocycles. The molecule has 0 heterocycles.